The molecule has 4 rings (SSSR count). The van der Waals surface area contributed by atoms with E-state index in [0.29, 0.717) is 29.9 Å². The Hall–Kier alpha value is -3.00. The Morgan fingerprint density at radius 3 is 2.66 bits per heavy atom. The van der Waals surface area contributed by atoms with Crippen LogP contribution in [0.3, 0.4) is 0 Å². The van der Waals surface area contributed by atoms with Crippen LogP contribution < -0.4 is 15.0 Å². The first-order valence-electron chi connectivity index (χ1n) is 9.68. The van der Waals surface area contributed by atoms with Gasteiger partial charge in [0.2, 0.25) is 0 Å². The lowest BCUT2D eigenvalue weighted by atomic mass is 10.1. The van der Waals surface area contributed by atoms with Gasteiger partial charge in [-0.25, -0.2) is 14.8 Å². The van der Waals surface area contributed by atoms with Crippen molar-refractivity contribution in [3.63, 3.8) is 0 Å². The van der Waals surface area contributed by atoms with Crippen LogP contribution in [0.4, 0.5) is 15.7 Å². The summed E-state index contributed by atoms with van der Waals surface area (Å²) in [5, 5.41) is 5.33. The highest BCUT2D eigenvalue weighted by atomic mass is 32.1. The summed E-state index contributed by atoms with van der Waals surface area (Å²) in [6.45, 7) is 8.89. The lowest BCUT2D eigenvalue weighted by Crippen LogP contribution is -2.36. The van der Waals surface area contributed by atoms with Crippen LogP contribution in [0.1, 0.15) is 31.7 Å². The maximum absolute atomic E-state index is 12.9. The van der Waals surface area contributed by atoms with E-state index in [1.807, 2.05) is 57.3 Å². The van der Waals surface area contributed by atoms with Crippen LogP contribution in [-0.4, -0.2) is 34.1 Å². The van der Waals surface area contributed by atoms with Gasteiger partial charge in [0.1, 0.15) is 0 Å². The SMILES string of the molecule is CC.Cc1ccc(-c2ccc3c(n2)N(C(=O)Nc2nc(C)cs2)CCCO3)cn1. The van der Waals surface area contributed by atoms with E-state index in [0.717, 1.165) is 29.1 Å². The molecule has 0 bridgehead atoms. The summed E-state index contributed by atoms with van der Waals surface area (Å²) in [4.78, 5) is 27.8. The second-order valence-electron chi connectivity index (χ2n) is 6.28. The highest BCUT2D eigenvalue weighted by Gasteiger charge is 2.25. The molecule has 0 aromatic carbocycles. The number of urea groups is 1. The molecule has 29 heavy (non-hydrogen) atoms. The lowest BCUT2D eigenvalue weighted by Gasteiger charge is -2.21. The average Bonchev–Trinajstić information content (AvgIpc) is 3.02. The number of ether oxygens (including phenoxy) is 1. The van der Waals surface area contributed by atoms with Crippen molar-refractivity contribution in [2.75, 3.05) is 23.4 Å². The number of nitrogens with one attached hydrogen (secondary N) is 1. The molecule has 3 aromatic rings. The van der Waals surface area contributed by atoms with E-state index >= 15 is 0 Å². The maximum Gasteiger partial charge on any atom is 0.329 e. The van der Waals surface area contributed by atoms with Crippen molar-refractivity contribution >= 4 is 28.3 Å². The highest BCUT2D eigenvalue weighted by Crippen LogP contribution is 2.32. The van der Waals surface area contributed by atoms with Crippen LogP contribution in [0.15, 0.2) is 35.8 Å². The quantitative estimate of drug-likeness (QED) is 0.637. The van der Waals surface area contributed by atoms with E-state index in [-0.39, 0.29) is 6.03 Å². The number of amides is 2. The normalized spacial score (nSPS) is 12.8. The fourth-order valence-corrected chi connectivity index (χ4v) is 3.48. The maximum atomic E-state index is 12.9. The van der Waals surface area contributed by atoms with Crippen LogP contribution in [0, 0.1) is 13.8 Å². The standard InChI is InChI=1S/C19H19N5O2S.C2H6/c1-12-4-5-14(10-20-12)15-6-7-16-17(22-15)24(8-3-9-26-16)19(25)23-18-21-13(2)11-27-18;1-2/h4-7,10-11H,3,8-9H2,1-2H3,(H,21,23,25);1-2H3. The van der Waals surface area contributed by atoms with Gasteiger partial charge in [-0.05, 0) is 44.5 Å². The van der Waals surface area contributed by atoms with E-state index in [9.17, 15) is 4.79 Å². The molecular formula is C21H25N5O2S. The smallest absolute Gasteiger partial charge is 0.329 e. The topological polar surface area (TPSA) is 80.2 Å². The molecule has 7 nitrogen and oxygen atoms in total. The second-order valence-corrected chi connectivity index (χ2v) is 7.14. The molecule has 0 spiro atoms. The number of aryl methyl sites for hydroxylation is 2. The minimum absolute atomic E-state index is 0.261. The van der Waals surface area contributed by atoms with Gasteiger partial charge in [-0.3, -0.25) is 15.2 Å². The number of fused-ring (bicyclic) bond motifs is 1. The Kier molecular flexibility index (Phi) is 6.77. The summed E-state index contributed by atoms with van der Waals surface area (Å²) in [5.74, 6) is 1.11. The predicted molar refractivity (Wildman–Crippen MR) is 117 cm³/mol. The Bertz CT molecular complexity index is 971. The third kappa shape index (κ3) is 4.89. The van der Waals surface area contributed by atoms with Crippen molar-refractivity contribution < 1.29 is 9.53 Å². The fraction of sp³-hybridized carbons (Fsp3) is 0.333. The van der Waals surface area contributed by atoms with E-state index in [2.05, 4.69) is 15.3 Å². The summed E-state index contributed by atoms with van der Waals surface area (Å²) in [6, 6.07) is 7.39. The van der Waals surface area contributed by atoms with Gasteiger partial charge in [0.05, 0.1) is 18.0 Å². The number of hydrogen-bond donors (Lipinski definition) is 1. The summed E-state index contributed by atoms with van der Waals surface area (Å²) >= 11 is 1.40. The number of hydrogen-bond acceptors (Lipinski definition) is 6. The molecule has 4 heterocycles. The minimum Gasteiger partial charge on any atom is -0.490 e. The zero-order valence-corrected chi connectivity index (χ0v) is 17.9. The molecule has 1 N–H and O–H groups in total. The Balaban J connectivity index is 0.00000117. The van der Waals surface area contributed by atoms with Gasteiger partial charge in [0, 0.05) is 29.4 Å². The Morgan fingerprint density at radius 2 is 1.97 bits per heavy atom. The van der Waals surface area contributed by atoms with Gasteiger partial charge in [-0.1, -0.05) is 13.8 Å². The van der Waals surface area contributed by atoms with Crippen molar-refractivity contribution in [1.82, 2.24) is 15.0 Å². The zero-order chi connectivity index (χ0) is 20.8. The molecule has 0 saturated carbocycles. The molecule has 0 fully saturated rings. The molecule has 8 heteroatoms. The molecule has 2 amide bonds. The van der Waals surface area contributed by atoms with Crippen molar-refractivity contribution in [1.29, 1.82) is 0 Å². The average molecular weight is 412 g/mol. The number of anilines is 2. The number of rotatable bonds is 2. The lowest BCUT2D eigenvalue weighted by molar-refractivity contribution is 0.256. The summed E-state index contributed by atoms with van der Waals surface area (Å²) < 4.78 is 5.78. The van der Waals surface area contributed by atoms with Gasteiger partial charge in [-0.15, -0.1) is 11.3 Å². The first-order chi connectivity index (χ1) is 14.1. The van der Waals surface area contributed by atoms with Crippen LogP contribution in [0.25, 0.3) is 11.3 Å². The number of pyridine rings is 2. The van der Waals surface area contributed by atoms with Crippen molar-refractivity contribution in [2.24, 2.45) is 0 Å². The number of carbonyl (C=O) groups excluding carboxylic acids is 1. The van der Waals surface area contributed by atoms with Crippen LogP contribution in [-0.2, 0) is 0 Å². The van der Waals surface area contributed by atoms with Gasteiger partial charge >= 0.3 is 6.03 Å². The Morgan fingerprint density at radius 1 is 1.14 bits per heavy atom. The molecule has 0 saturated heterocycles. The number of aromatic nitrogens is 3. The van der Waals surface area contributed by atoms with Crippen molar-refractivity contribution in [3.8, 4) is 17.0 Å². The third-order valence-electron chi connectivity index (χ3n) is 4.16. The van der Waals surface area contributed by atoms with Crippen LogP contribution in [0.2, 0.25) is 0 Å². The summed E-state index contributed by atoms with van der Waals surface area (Å²) in [6.07, 6.45) is 2.51. The molecule has 152 valence electrons. The van der Waals surface area contributed by atoms with Crippen molar-refractivity contribution in [2.45, 2.75) is 34.1 Å². The fourth-order valence-electron chi connectivity index (χ4n) is 2.80. The summed E-state index contributed by atoms with van der Waals surface area (Å²) in [7, 11) is 0. The van der Waals surface area contributed by atoms with Gasteiger partial charge in [0.25, 0.3) is 0 Å². The molecule has 1 aliphatic heterocycles. The minimum atomic E-state index is -0.261. The van der Waals surface area contributed by atoms with E-state index < -0.39 is 0 Å². The Labute approximate surface area is 174 Å². The number of thiazole rings is 1. The number of carbonyl (C=O) groups is 1. The van der Waals surface area contributed by atoms with E-state index in [4.69, 9.17) is 9.72 Å². The molecule has 1 aliphatic rings. The monoisotopic (exact) mass is 411 g/mol. The van der Waals surface area contributed by atoms with E-state index in [1.54, 1.807) is 11.1 Å². The second kappa shape index (κ2) is 9.47. The summed E-state index contributed by atoms with van der Waals surface area (Å²) in [5.41, 5.74) is 3.46. The van der Waals surface area contributed by atoms with E-state index in [1.165, 1.54) is 11.3 Å². The molecule has 0 atom stereocenters. The third-order valence-corrected chi connectivity index (χ3v) is 5.04. The largest absolute Gasteiger partial charge is 0.490 e. The molecule has 0 aliphatic carbocycles. The van der Waals surface area contributed by atoms with Crippen LogP contribution in [0.5, 0.6) is 5.75 Å². The molecule has 0 radical (unpaired) electrons. The molecule has 3 aromatic heterocycles. The van der Waals surface area contributed by atoms with Crippen molar-refractivity contribution in [3.05, 3.63) is 47.2 Å². The first-order valence-corrected chi connectivity index (χ1v) is 10.6. The molecular weight excluding hydrogens is 386 g/mol. The highest BCUT2D eigenvalue weighted by molar-refractivity contribution is 7.13. The number of nitrogens with zero attached hydrogens (tertiary/aromatic N) is 4. The van der Waals surface area contributed by atoms with Gasteiger partial charge in [-0.2, -0.15) is 0 Å². The van der Waals surface area contributed by atoms with Gasteiger partial charge < -0.3 is 4.74 Å². The first kappa shape index (κ1) is 20.7. The predicted octanol–water partition coefficient (Wildman–Crippen LogP) is 5.06. The van der Waals surface area contributed by atoms with Gasteiger partial charge in [0.15, 0.2) is 16.7 Å². The molecule has 0 unspecified atom stereocenters. The van der Waals surface area contributed by atoms with Crippen LogP contribution >= 0.6 is 11.3 Å². The zero-order valence-electron chi connectivity index (χ0n) is 17.1.